The average Bonchev–Trinajstić information content (AvgIpc) is 2.64. The van der Waals surface area contributed by atoms with Crippen LogP contribution < -0.4 is 0 Å². The molecule has 2 rings (SSSR count). The Hall–Kier alpha value is -0.840. The third-order valence-electron chi connectivity index (χ3n) is 4.38. The normalized spacial score (nSPS) is 45.4. The predicted octanol–water partition coefficient (Wildman–Crippen LogP) is 1.93. The van der Waals surface area contributed by atoms with Gasteiger partial charge in [-0.2, -0.15) is 0 Å². The Morgan fingerprint density at radius 1 is 1.50 bits per heavy atom. The quantitative estimate of drug-likeness (QED) is 0.310. The van der Waals surface area contributed by atoms with Gasteiger partial charge in [0.2, 0.25) is 0 Å². The monoisotopic (exact) mass is 300 g/mol. The third-order valence-corrected chi connectivity index (χ3v) is 4.79. The van der Waals surface area contributed by atoms with Gasteiger partial charge in [0, 0.05) is 11.5 Å². The standard InChI is InChI=1S/C15H21ClO4/c1-8-5-4-6-15(3,16)13(18)12-10(7-11(8)17)9(2)14(19)20-12/h5,10-13,17-18H,2,4,6-7H2,1,3H3/b8-5+/t10-,11+,12-,13?,15-/m0/s1. The fourth-order valence-electron chi connectivity index (χ4n) is 2.83. The van der Waals surface area contributed by atoms with Crippen LogP contribution in [-0.2, 0) is 9.53 Å². The molecule has 2 aliphatic rings. The van der Waals surface area contributed by atoms with Gasteiger partial charge in [0.25, 0.3) is 0 Å². The molecule has 20 heavy (non-hydrogen) atoms. The SMILES string of the molecule is C=C1C(=O)O[C@@H]2C(O)[C@@](C)(Cl)CC/C=C(\C)[C@H](O)C[C@@H]12. The molecule has 2 N–H and O–H groups in total. The highest BCUT2D eigenvalue weighted by atomic mass is 35.5. The van der Waals surface area contributed by atoms with E-state index in [0.717, 1.165) is 5.57 Å². The van der Waals surface area contributed by atoms with Crippen molar-refractivity contribution in [2.45, 2.75) is 56.3 Å². The second kappa shape index (κ2) is 5.51. The summed E-state index contributed by atoms with van der Waals surface area (Å²) in [6, 6.07) is 0. The number of fused-ring (bicyclic) bond motifs is 1. The Morgan fingerprint density at radius 3 is 2.80 bits per heavy atom. The van der Waals surface area contributed by atoms with Crippen molar-refractivity contribution in [3.63, 3.8) is 0 Å². The first kappa shape index (κ1) is 15.5. The molecule has 1 fully saturated rings. The molecule has 0 saturated carbocycles. The zero-order valence-electron chi connectivity index (χ0n) is 11.8. The summed E-state index contributed by atoms with van der Waals surface area (Å²) in [7, 11) is 0. The number of hydrogen-bond acceptors (Lipinski definition) is 4. The minimum atomic E-state index is -0.989. The van der Waals surface area contributed by atoms with Gasteiger partial charge in [-0.25, -0.2) is 4.79 Å². The predicted molar refractivity (Wildman–Crippen MR) is 76.4 cm³/mol. The van der Waals surface area contributed by atoms with Crippen molar-refractivity contribution in [1.82, 2.24) is 0 Å². The molecule has 112 valence electrons. The van der Waals surface area contributed by atoms with Crippen molar-refractivity contribution < 1.29 is 19.7 Å². The summed E-state index contributed by atoms with van der Waals surface area (Å²) in [5.74, 6) is -0.924. The van der Waals surface area contributed by atoms with Crippen LogP contribution in [0.2, 0.25) is 0 Å². The molecule has 4 nitrogen and oxygen atoms in total. The lowest BCUT2D eigenvalue weighted by Crippen LogP contribution is -2.46. The largest absolute Gasteiger partial charge is 0.456 e. The summed E-state index contributed by atoms with van der Waals surface area (Å²) in [6.07, 6.45) is 1.04. The van der Waals surface area contributed by atoms with Crippen LogP contribution in [0.4, 0.5) is 0 Å². The van der Waals surface area contributed by atoms with Crippen LogP contribution in [-0.4, -0.2) is 39.4 Å². The number of carbonyl (C=O) groups excluding carboxylic acids is 1. The highest BCUT2D eigenvalue weighted by molar-refractivity contribution is 6.24. The zero-order chi connectivity index (χ0) is 15.1. The Balaban J connectivity index is 2.37. The molecule has 0 spiro atoms. The lowest BCUT2D eigenvalue weighted by Gasteiger charge is -2.35. The summed E-state index contributed by atoms with van der Waals surface area (Å²) in [4.78, 5) is 10.8. The molecule has 0 bridgehead atoms. The van der Waals surface area contributed by atoms with Crippen LogP contribution in [0.1, 0.15) is 33.1 Å². The van der Waals surface area contributed by atoms with E-state index in [1.54, 1.807) is 6.92 Å². The van der Waals surface area contributed by atoms with Crippen molar-refractivity contribution in [1.29, 1.82) is 0 Å². The highest BCUT2D eigenvalue weighted by Crippen LogP contribution is 2.40. The molecule has 0 aromatic carbocycles. The molecule has 1 aliphatic carbocycles. The van der Waals surface area contributed by atoms with Gasteiger partial charge >= 0.3 is 5.97 Å². The van der Waals surface area contributed by atoms with Gasteiger partial charge in [-0.05, 0) is 38.7 Å². The highest BCUT2D eigenvalue weighted by Gasteiger charge is 2.49. The van der Waals surface area contributed by atoms with Crippen molar-refractivity contribution in [2.75, 3.05) is 0 Å². The fraction of sp³-hybridized carbons (Fsp3) is 0.667. The average molecular weight is 301 g/mol. The molecular formula is C15H21ClO4. The molecule has 0 aromatic heterocycles. The number of ether oxygens (including phenoxy) is 1. The van der Waals surface area contributed by atoms with E-state index in [-0.39, 0.29) is 0 Å². The maximum absolute atomic E-state index is 11.7. The van der Waals surface area contributed by atoms with Gasteiger partial charge in [0.05, 0.1) is 11.0 Å². The second-order valence-corrected chi connectivity index (χ2v) is 6.83. The smallest absolute Gasteiger partial charge is 0.334 e. The number of allylic oxidation sites excluding steroid dienone is 1. The van der Waals surface area contributed by atoms with E-state index in [1.165, 1.54) is 0 Å². The van der Waals surface area contributed by atoms with Gasteiger partial charge in [-0.15, -0.1) is 11.6 Å². The summed E-state index contributed by atoms with van der Waals surface area (Å²) in [6.45, 7) is 7.32. The van der Waals surface area contributed by atoms with Crippen LogP contribution in [0.3, 0.4) is 0 Å². The second-order valence-electron chi connectivity index (χ2n) is 5.96. The summed E-state index contributed by atoms with van der Waals surface area (Å²) >= 11 is 6.41. The van der Waals surface area contributed by atoms with Crippen LogP contribution in [0.15, 0.2) is 23.8 Å². The number of aliphatic hydroxyl groups excluding tert-OH is 2. The topological polar surface area (TPSA) is 66.8 Å². The van der Waals surface area contributed by atoms with E-state index >= 15 is 0 Å². The number of alkyl halides is 1. The van der Waals surface area contributed by atoms with E-state index < -0.39 is 35.1 Å². The molecule has 0 aromatic rings. The maximum atomic E-state index is 11.7. The van der Waals surface area contributed by atoms with Crippen molar-refractivity contribution in [3.05, 3.63) is 23.8 Å². The molecule has 0 radical (unpaired) electrons. The van der Waals surface area contributed by atoms with Gasteiger partial charge in [-0.3, -0.25) is 0 Å². The first-order valence-electron chi connectivity index (χ1n) is 6.85. The summed E-state index contributed by atoms with van der Waals surface area (Å²) < 4.78 is 5.24. The Labute approximate surface area is 124 Å². The van der Waals surface area contributed by atoms with Gasteiger partial charge < -0.3 is 14.9 Å². The first-order chi connectivity index (χ1) is 9.24. The lowest BCUT2D eigenvalue weighted by atomic mass is 9.81. The molecule has 1 saturated heterocycles. The van der Waals surface area contributed by atoms with Crippen LogP contribution in [0.25, 0.3) is 0 Å². The minimum absolute atomic E-state index is 0.300. The number of rotatable bonds is 0. The van der Waals surface area contributed by atoms with E-state index in [0.29, 0.717) is 24.8 Å². The molecule has 1 aliphatic heterocycles. The first-order valence-corrected chi connectivity index (χ1v) is 7.23. The molecule has 5 atom stereocenters. The van der Waals surface area contributed by atoms with Crippen LogP contribution >= 0.6 is 11.6 Å². The van der Waals surface area contributed by atoms with Crippen LogP contribution in [0.5, 0.6) is 0 Å². The Bertz CT molecular complexity index is 455. The number of aliphatic hydroxyl groups is 2. The molecule has 1 heterocycles. The van der Waals surface area contributed by atoms with Crippen LogP contribution in [0, 0.1) is 5.92 Å². The van der Waals surface area contributed by atoms with E-state index in [9.17, 15) is 15.0 Å². The van der Waals surface area contributed by atoms with Crippen molar-refractivity contribution in [3.8, 4) is 0 Å². The lowest BCUT2D eigenvalue weighted by molar-refractivity contribution is -0.145. The molecule has 1 unspecified atom stereocenters. The minimum Gasteiger partial charge on any atom is -0.456 e. The third kappa shape index (κ3) is 2.78. The zero-order valence-corrected chi connectivity index (χ0v) is 12.6. The van der Waals surface area contributed by atoms with E-state index in [1.807, 2.05) is 13.0 Å². The Kier molecular flexibility index (Phi) is 4.28. The number of esters is 1. The molecule has 5 heteroatoms. The summed E-state index contributed by atoms with van der Waals surface area (Å²) in [5.41, 5.74) is 1.15. The molecular weight excluding hydrogens is 280 g/mol. The number of hydrogen-bond donors (Lipinski definition) is 2. The fourth-order valence-corrected chi connectivity index (χ4v) is 3.06. The van der Waals surface area contributed by atoms with Crippen molar-refractivity contribution in [2.24, 2.45) is 5.92 Å². The maximum Gasteiger partial charge on any atom is 0.334 e. The Morgan fingerprint density at radius 2 is 2.15 bits per heavy atom. The van der Waals surface area contributed by atoms with Gasteiger partial charge in [-0.1, -0.05) is 12.7 Å². The summed E-state index contributed by atoms with van der Waals surface area (Å²) in [5, 5.41) is 20.6. The van der Waals surface area contributed by atoms with Gasteiger partial charge in [0.1, 0.15) is 12.2 Å². The number of carbonyl (C=O) groups is 1. The molecule has 0 amide bonds. The van der Waals surface area contributed by atoms with E-state index in [4.69, 9.17) is 16.3 Å². The number of halogens is 1. The van der Waals surface area contributed by atoms with E-state index in [2.05, 4.69) is 6.58 Å². The van der Waals surface area contributed by atoms with Crippen molar-refractivity contribution >= 4 is 17.6 Å². The van der Waals surface area contributed by atoms with Gasteiger partial charge in [0.15, 0.2) is 0 Å².